The quantitative estimate of drug-likeness (QED) is 0.581. The van der Waals surface area contributed by atoms with Gasteiger partial charge in [0.2, 0.25) is 0 Å². The topological polar surface area (TPSA) is 37.3 Å². The molecule has 0 bridgehead atoms. The zero-order chi connectivity index (χ0) is 9.02. The first-order valence-electron chi connectivity index (χ1n) is 3.61. The van der Waals surface area contributed by atoms with Gasteiger partial charge in [-0.2, -0.15) is 0 Å². The summed E-state index contributed by atoms with van der Waals surface area (Å²) in [4.78, 5) is 10.6. The summed E-state index contributed by atoms with van der Waals surface area (Å²) in [5, 5.41) is 8.70. The molecule has 3 heteroatoms. The van der Waals surface area contributed by atoms with E-state index in [-0.39, 0.29) is 0 Å². The molecule has 0 unspecified atom stereocenters. The molecule has 0 aliphatic carbocycles. The molecule has 0 aromatic rings. The van der Waals surface area contributed by atoms with Crippen molar-refractivity contribution in [2.24, 2.45) is 0 Å². The van der Waals surface area contributed by atoms with Crippen LogP contribution < -0.4 is 0 Å². The monoisotopic (exact) mass is 218 g/mol. The summed E-state index contributed by atoms with van der Waals surface area (Å²) in [6.45, 7) is 3.73. The van der Waals surface area contributed by atoms with E-state index in [0.717, 1.165) is 6.42 Å². The summed E-state index contributed by atoms with van der Waals surface area (Å²) in [5.74, 6) is -0.759. The second kappa shape index (κ2) is 4.61. The molecule has 0 saturated heterocycles. The van der Waals surface area contributed by atoms with Crippen LogP contribution in [0.5, 0.6) is 0 Å². The minimum absolute atomic E-state index is 0.567. The molecule has 0 aliphatic rings. The normalized spacial score (nSPS) is 13.2. The standard InChI is InChI=1S/C8H15AsO2/c1-5-7(9(3)4)6(2)8(10)11/h5H2,1-4H3,(H,10,11)/b7-6+. The van der Waals surface area contributed by atoms with E-state index in [1.54, 1.807) is 6.92 Å². The van der Waals surface area contributed by atoms with Gasteiger partial charge in [0.1, 0.15) is 0 Å². The van der Waals surface area contributed by atoms with Gasteiger partial charge >= 0.3 is 72.1 Å². The van der Waals surface area contributed by atoms with E-state index in [4.69, 9.17) is 5.11 Å². The van der Waals surface area contributed by atoms with Crippen LogP contribution in [0.3, 0.4) is 0 Å². The Morgan fingerprint density at radius 2 is 1.91 bits per heavy atom. The van der Waals surface area contributed by atoms with Crippen molar-refractivity contribution in [3.63, 3.8) is 0 Å². The van der Waals surface area contributed by atoms with Crippen molar-refractivity contribution in [2.45, 2.75) is 31.7 Å². The predicted molar refractivity (Wildman–Crippen MR) is 48.1 cm³/mol. The molecule has 0 atom stereocenters. The SMILES string of the molecule is CC/C(=C(/C)C(=O)O)[As](C)C. The van der Waals surface area contributed by atoms with Gasteiger partial charge < -0.3 is 0 Å². The summed E-state index contributed by atoms with van der Waals surface area (Å²) in [6, 6.07) is 0. The molecule has 0 amide bonds. The van der Waals surface area contributed by atoms with Gasteiger partial charge in [-0.3, -0.25) is 0 Å². The molecule has 0 saturated carbocycles. The molecule has 0 rings (SSSR count). The second-order valence-electron chi connectivity index (χ2n) is 2.62. The van der Waals surface area contributed by atoms with Crippen molar-refractivity contribution in [1.82, 2.24) is 0 Å². The first-order valence-corrected chi connectivity index (χ1v) is 8.30. The Balaban J connectivity index is 4.68. The molecular weight excluding hydrogens is 203 g/mol. The molecule has 2 nitrogen and oxygen atoms in total. The van der Waals surface area contributed by atoms with Crippen LogP contribution in [0, 0.1) is 0 Å². The maximum absolute atomic E-state index is 10.6. The Kier molecular flexibility index (Phi) is 4.51. The van der Waals surface area contributed by atoms with Crippen LogP contribution in [0.25, 0.3) is 0 Å². The van der Waals surface area contributed by atoms with Crippen LogP contribution in [0.2, 0.25) is 11.4 Å². The molecule has 64 valence electrons. The second-order valence-corrected chi connectivity index (χ2v) is 7.51. The van der Waals surface area contributed by atoms with Crippen molar-refractivity contribution in [2.75, 3.05) is 0 Å². The molecule has 0 spiro atoms. The van der Waals surface area contributed by atoms with Crippen molar-refractivity contribution < 1.29 is 9.90 Å². The van der Waals surface area contributed by atoms with Crippen LogP contribution in [-0.2, 0) is 4.79 Å². The third-order valence-corrected chi connectivity index (χ3v) is 5.26. The van der Waals surface area contributed by atoms with Crippen LogP contribution >= 0.6 is 0 Å². The molecule has 11 heavy (non-hydrogen) atoms. The molecule has 0 fully saturated rings. The van der Waals surface area contributed by atoms with E-state index in [9.17, 15) is 4.79 Å². The van der Waals surface area contributed by atoms with Gasteiger partial charge in [0, 0.05) is 0 Å². The van der Waals surface area contributed by atoms with Gasteiger partial charge in [0.25, 0.3) is 0 Å². The number of hydrogen-bond acceptors (Lipinski definition) is 1. The third-order valence-electron chi connectivity index (χ3n) is 1.63. The van der Waals surface area contributed by atoms with Crippen molar-refractivity contribution in [3.8, 4) is 0 Å². The Hall–Kier alpha value is -0.232. The zero-order valence-electron chi connectivity index (χ0n) is 7.51. The summed E-state index contributed by atoms with van der Waals surface area (Å²) in [5.41, 5.74) is 4.90. The van der Waals surface area contributed by atoms with E-state index in [1.165, 1.54) is 4.36 Å². The fourth-order valence-electron chi connectivity index (χ4n) is 1.04. The summed E-state index contributed by atoms with van der Waals surface area (Å²) >= 11 is -0.963. The summed E-state index contributed by atoms with van der Waals surface area (Å²) < 4.78 is 1.19. The first kappa shape index (κ1) is 10.8. The number of rotatable bonds is 3. The Morgan fingerprint density at radius 3 is 2.00 bits per heavy atom. The van der Waals surface area contributed by atoms with Gasteiger partial charge in [-0.1, -0.05) is 0 Å². The molecule has 1 N–H and O–H groups in total. The minimum atomic E-state index is -0.963. The van der Waals surface area contributed by atoms with Gasteiger partial charge in [-0.25, -0.2) is 0 Å². The fourth-order valence-corrected chi connectivity index (χ4v) is 3.98. The molecular formula is C8H15AsO2. The van der Waals surface area contributed by atoms with E-state index >= 15 is 0 Å². The Labute approximate surface area is 72.6 Å². The molecule has 0 aromatic carbocycles. The van der Waals surface area contributed by atoms with Crippen LogP contribution in [0.15, 0.2) is 9.93 Å². The van der Waals surface area contributed by atoms with E-state index < -0.39 is 20.6 Å². The van der Waals surface area contributed by atoms with E-state index in [2.05, 4.69) is 11.4 Å². The summed E-state index contributed by atoms with van der Waals surface area (Å²) in [6.07, 6.45) is 0.894. The first-order chi connectivity index (χ1) is 5.00. The van der Waals surface area contributed by atoms with Crippen LogP contribution in [0.4, 0.5) is 0 Å². The molecule has 0 heterocycles. The Morgan fingerprint density at radius 1 is 1.45 bits per heavy atom. The molecule has 0 aromatic heterocycles. The predicted octanol–water partition coefficient (Wildman–Crippen LogP) is 2.09. The number of hydrogen-bond donors (Lipinski definition) is 1. The maximum atomic E-state index is 10.6. The van der Waals surface area contributed by atoms with Crippen LogP contribution in [-0.4, -0.2) is 25.7 Å². The van der Waals surface area contributed by atoms with E-state index in [0.29, 0.717) is 5.57 Å². The number of carbonyl (C=O) groups is 1. The van der Waals surface area contributed by atoms with Gasteiger partial charge in [-0.15, -0.1) is 0 Å². The van der Waals surface area contributed by atoms with E-state index in [1.807, 2.05) is 6.92 Å². The van der Waals surface area contributed by atoms with Crippen molar-refractivity contribution >= 4 is 20.6 Å². The number of carboxylic acid groups (broad SMARTS) is 1. The van der Waals surface area contributed by atoms with Crippen LogP contribution in [0.1, 0.15) is 20.3 Å². The van der Waals surface area contributed by atoms with Gasteiger partial charge in [0.05, 0.1) is 0 Å². The fraction of sp³-hybridized carbons (Fsp3) is 0.625. The summed E-state index contributed by atoms with van der Waals surface area (Å²) in [7, 11) is 0. The average Bonchev–Trinajstić information content (AvgIpc) is 1.88. The van der Waals surface area contributed by atoms with Crippen molar-refractivity contribution in [3.05, 3.63) is 9.93 Å². The van der Waals surface area contributed by atoms with Crippen molar-refractivity contribution in [1.29, 1.82) is 0 Å². The van der Waals surface area contributed by atoms with Gasteiger partial charge in [-0.05, 0) is 0 Å². The average molecular weight is 218 g/mol. The number of carboxylic acids is 1. The molecule has 0 radical (unpaired) electrons. The van der Waals surface area contributed by atoms with Gasteiger partial charge in [0.15, 0.2) is 0 Å². The molecule has 0 aliphatic heterocycles. The number of aliphatic carboxylic acids is 1. The zero-order valence-corrected chi connectivity index (χ0v) is 9.39. The Bertz CT molecular complexity index is 183. The number of allylic oxidation sites excluding steroid dienone is 1. The third kappa shape index (κ3) is 3.11.